The summed E-state index contributed by atoms with van der Waals surface area (Å²) in [6.45, 7) is 1.59. The van der Waals surface area contributed by atoms with Gasteiger partial charge in [0.2, 0.25) is 0 Å². The van der Waals surface area contributed by atoms with Crippen LogP contribution in [0.2, 0.25) is 0 Å². The van der Waals surface area contributed by atoms with E-state index in [1.807, 2.05) is 0 Å². The van der Waals surface area contributed by atoms with Crippen LogP contribution in [0.25, 0.3) is 5.69 Å². The predicted octanol–water partition coefficient (Wildman–Crippen LogP) is 5.71. The van der Waals surface area contributed by atoms with Crippen LogP contribution in [0, 0.1) is 6.92 Å². The highest BCUT2D eigenvalue weighted by molar-refractivity contribution is 6.07. The highest BCUT2D eigenvalue weighted by Crippen LogP contribution is 2.30. The Morgan fingerprint density at radius 3 is 2.33 bits per heavy atom. The molecule has 0 atom stereocenters. The summed E-state index contributed by atoms with van der Waals surface area (Å²) in [5.41, 5.74) is 1.27. The molecule has 0 unspecified atom stereocenters. The molecule has 2 N–H and O–H groups in total. The molecule has 2 amide bonds. The van der Waals surface area contributed by atoms with Crippen molar-refractivity contribution in [2.75, 3.05) is 17.7 Å². The number of hydrogen-bond donors (Lipinski definition) is 2. The zero-order valence-corrected chi connectivity index (χ0v) is 19.3. The Balaban J connectivity index is 1.46. The van der Waals surface area contributed by atoms with E-state index in [4.69, 9.17) is 4.74 Å². The van der Waals surface area contributed by atoms with Crippen molar-refractivity contribution >= 4 is 23.2 Å². The van der Waals surface area contributed by atoms with E-state index in [1.165, 1.54) is 30.1 Å². The number of methoxy groups -OCH3 is 1. The summed E-state index contributed by atoms with van der Waals surface area (Å²) in [6, 6.07) is 18.0. The van der Waals surface area contributed by atoms with E-state index in [1.54, 1.807) is 55.5 Å². The number of rotatable bonds is 6. The van der Waals surface area contributed by atoms with Crippen LogP contribution in [0.4, 0.5) is 24.5 Å². The van der Waals surface area contributed by atoms with E-state index in [2.05, 4.69) is 15.7 Å². The Labute approximate surface area is 204 Å². The first-order valence-corrected chi connectivity index (χ1v) is 10.8. The standard InChI is InChI=1S/C26H21F3N4O3/c1-16-21(15-30-33(16)20-7-5-6-18(14-20)26(27,28)29)25(35)31-19-12-10-17(11-13-19)24(34)32-22-8-3-4-9-23(22)36-2/h3-15H,1-2H3,(H,31,35)(H,32,34). The fourth-order valence-electron chi connectivity index (χ4n) is 3.55. The third-order valence-electron chi connectivity index (χ3n) is 5.43. The molecular formula is C26H21F3N4O3. The monoisotopic (exact) mass is 494 g/mol. The SMILES string of the molecule is COc1ccccc1NC(=O)c1ccc(NC(=O)c2cnn(-c3cccc(C(F)(F)F)c3)c2C)cc1. The highest BCUT2D eigenvalue weighted by atomic mass is 19.4. The van der Waals surface area contributed by atoms with Crippen molar-refractivity contribution in [3.8, 4) is 11.4 Å². The lowest BCUT2D eigenvalue weighted by atomic mass is 10.1. The molecule has 36 heavy (non-hydrogen) atoms. The third kappa shape index (κ3) is 5.22. The minimum Gasteiger partial charge on any atom is -0.495 e. The van der Waals surface area contributed by atoms with Gasteiger partial charge in [-0.15, -0.1) is 0 Å². The Bertz CT molecular complexity index is 1410. The Morgan fingerprint density at radius 1 is 0.917 bits per heavy atom. The summed E-state index contributed by atoms with van der Waals surface area (Å²) in [5.74, 6) is -0.316. The minimum absolute atomic E-state index is 0.187. The number of nitrogens with zero attached hydrogens (tertiary/aromatic N) is 2. The Morgan fingerprint density at radius 2 is 1.64 bits per heavy atom. The summed E-state index contributed by atoms with van der Waals surface area (Å²) < 4.78 is 45.7. The van der Waals surface area contributed by atoms with Gasteiger partial charge >= 0.3 is 6.18 Å². The number of benzene rings is 3. The number of hydrogen-bond acceptors (Lipinski definition) is 4. The summed E-state index contributed by atoms with van der Waals surface area (Å²) >= 11 is 0. The topological polar surface area (TPSA) is 85.2 Å². The van der Waals surface area contributed by atoms with Crippen LogP contribution in [0.15, 0.2) is 79.0 Å². The molecule has 4 aromatic rings. The van der Waals surface area contributed by atoms with Gasteiger partial charge < -0.3 is 15.4 Å². The normalized spacial score (nSPS) is 11.1. The molecule has 184 valence electrons. The highest BCUT2D eigenvalue weighted by Gasteiger charge is 2.30. The molecule has 0 bridgehead atoms. The third-order valence-corrected chi connectivity index (χ3v) is 5.43. The molecule has 3 aromatic carbocycles. The molecular weight excluding hydrogens is 473 g/mol. The Kier molecular flexibility index (Phi) is 6.77. The number of carbonyl (C=O) groups excluding carboxylic acids is 2. The van der Waals surface area contributed by atoms with Gasteiger partial charge in [0, 0.05) is 11.3 Å². The molecule has 0 radical (unpaired) electrons. The zero-order chi connectivity index (χ0) is 25.9. The van der Waals surface area contributed by atoms with E-state index in [0.717, 1.165) is 12.1 Å². The number of para-hydroxylation sites is 2. The van der Waals surface area contributed by atoms with Crippen LogP contribution in [0.5, 0.6) is 5.75 Å². The largest absolute Gasteiger partial charge is 0.495 e. The predicted molar refractivity (Wildman–Crippen MR) is 129 cm³/mol. The second-order valence-corrected chi connectivity index (χ2v) is 7.79. The van der Waals surface area contributed by atoms with Crippen molar-refractivity contribution < 1.29 is 27.5 Å². The van der Waals surface area contributed by atoms with Crippen LogP contribution >= 0.6 is 0 Å². The van der Waals surface area contributed by atoms with E-state index in [9.17, 15) is 22.8 Å². The number of anilines is 2. The molecule has 1 aromatic heterocycles. The number of aromatic nitrogens is 2. The van der Waals surface area contributed by atoms with Crippen molar-refractivity contribution in [1.29, 1.82) is 0 Å². The van der Waals surface area contributed by atoms with Gasteiger partial charge in [-0.05, 0) is 61.5 Å². The average Bonchev–Trinajstić information content (AvgIpc) is 3.25. The van der Waals surface area contributed by atoms with Gasteiger partial charge in [-0.3, -0.25) is 9.59 Å². The van der Waals surface area contributed by atoms with E-state index in [-0.39, 0.29) is 17.2 Å². The summed E-state index contributed by atoms with van der Waals surface area (Å²) in [6.07, 6.45) is -3.20. The number of halogens is 3. The summed E-state index contributed by atoms with van der Waals surface area (Å²) in [5, 5.41) is 9.57. The van der Waals surface area contributed by atoms with Gasteiger partial charge in [0.1, 0.15) is 5.75 Å². The molecule has 0 aliphatic rings. The molecule has 7 nitrogen and oxygen atoms in total. The lowest BCUT2D eigenvalue weighted by Gasteiger charge is -2.11. The maximum atomic E-state index is 13.1. The van der Waals surface area contributed by atoms with Crippen LogP contribution < -0.4 is 15.4 Å². The van der Waals surface area contributed by atoms with Crippen LogP contribution in [-0.4, -0.2) is 28.7 Å². The molecule has 0 fully saturated rings. The molecule has 0 spiro atoms. The minimum atomic E-state index is -4.49. The summed E-state index contributed by atoms with van der Waals surface area (Å²) in [4.78, 5) is 25.4. The van der Waals surface area contributed by atoms with Gasteiger partial charge in [-0.1, -0.05) is 18.2 Å². The van der Waals surface area contributed by atoms with Gasteiger partial charge in [-0.25, -0.2) is 4.68 Å². The van der Waals surface area contributed by atoms with Crippen LogP contribution in [0.3, 0.4) is 0 Å². The quantitative estimate of drug-likeness (QED) is 0.360. The number of alkyl halides is 3. The van der Waals surface area contributed by atoms with E-state index in [0.29, 0.717) is 28.4 Å². The number of ether oxygens (including phenoxy) is 1. The van der Waals surface area contributed by atoms with Gasteiger partial charge in [0.15, 0.2) is 0 Å². The van der Waals surface area contributed by atoms with Gasteiger partial charge in [-0.2, -0.15) is 18.3 Å². The van der Waals surface area contributed by atoms with Crippen LogP contribution in [-0.2, 0) is 6.18 Å². The lowest BCUT2D eigenvalue weighted by Crippen LogP contribution is -2.14. The number of carbonyl (C=O) groups is 2. The smallest absolute Gasteiger partial charge is 0.416 e. The first kappa shape index (κ1) is 24.5. The molecule has 0 aliphatic carbocycles. The number of nitrogens with one attached hydrogen (secondary N) is 2. The first-order valence-electron chi connectivity index (χ1n) is 10.8. The van der Waals surface area contributed by atoms with Crippen molar-refractivity contribution in [3.05, 3.63) is 101 Å². The maximum Gasteiger partial charge on any atom is 0.416 e. The molecule has 1 heterocycles. The maximum absolute atomic E-state index is 13.1. The van der Waals surface area contributed by atoms with E-state index < -0.39 is 17.6 Å². The van der Waals surface area contributed by atoms with Crippen molar-refractivity contribution in [2.45, 2.75) is 13.1 Å². The fraction of sp³-hybridized carbons (Fsp3) is 0.115. The van der Waals surface area contributed by atoms with Gasteiger partial charge in [0.05, 0.1) is 41.5 Å². The van der Waals surface area contributed by atoms with Gasteiger partial charge in [0.25, 0.3) is 11.8 Å². The van der Waals surface area contributed by atoms with Crippen molar-refractivity contribution in [2.24, 2.45) is 0 Å². The molecule has 10 heteroatoms. The van der Waals surface area contributed by atoms with E-state index >= 15 is 0 Å². The van der Waals surface area contributed by atoms with Crippen molar-refractivity contribution in [1.82, 2.24) is 9.78 Å². The molecule has 0 aliphatic heterocycles. The molecule has 0 saturated heterocycles. The first-order chi connectivity index (χ1) is 17.2. The fourth-order valence-corrected chi connectivity index (χ4v) is 3.55. The summed E-state index contributed by atoms with van der Waals surface area (Å²) in [7, 11) is 1.51. The van der Waals surface area contributed by atoms with Crippen molar-refractivity contribution in [3.63, 3.8) is 0 Å². The zero-order valence-electron chi connectivity index (χ0n) is 19.3. The average molecular weight is 494 g/mol. The molecule has 4 rings (SSSR count). The lowest BCUT2D eigenvalue weighted by molar-refractivity contribution is -0.137. The molecule has 0 saturated carbocycles. The second kappa shape index (κ2) is 9.95. The number of amides is 2. The van der Waals surface area contributed by atoms with Crippen LogP contribution in [0.1, 0.15) is 32.0 Å². The Hall–Kier alpha value is -4.60. The second-order valence-electron chi connectivity index (χ2n) is 7.79.